The van der Waals surface area contributed by atoms with Crippen molar-refractivity contribution >= 4 is 5.91 Å². The largest absolute Gasteiger partial charge is 0.394 e. The highest BCUT2D eigenvalue weighted by molar-refractivity contribution is 5.76. The highest BCUT2D eigenvalue weighted by atomic mass is 16.7. The van der Waals surface area contributed by atoms with Gasteiger partial charge < -0.3 is 40.3 Å². The summed E-state index contributed by atoms with van der Waals surface area (Å²) in [5.74, 6) is -0.162. The van der Waals surface area contributed by atoms with Gasteiger partial charge in [0.15, 0.2) is 6.29 Å². The van der Waals surface area contributed by atoms with Gasteiger partial charge in [-0.25, -0.2) is 0 Å². The molecule has 1 aliphatic heterocycles. The van der Waals surface area contributed by atoms with Gasteiger partial charge in [-0.1, -0.05) is 248 Å². The van der Waals surface area contributed by atoms with E-state index in [1.165, 1.54) is 135 Å². The van der Waals surface area contributed by atoms with Crippen LogP contribution in [-0.2, 0) is 14.3 Å². The minimum absolute atomic E-state index is 0.148. The van der Waals surface area contributed by atoms with Crippen molar-refractivity contribution < 1.29 is 39.8 Å². The first kappa shape index (κ1) is 63.9. The van der Waals surface area contributed by atoms with E-state index in [1.54, 1.807) is 0 Å². The number of aliphatic hydroxyl groups is 5. The van der Waals surface area contributed by atoms with Gasteiger partial charge in [0.1, 0.15) is 24.4 Å². The smallest absolute Gasteiger partial charge is 0.220 e. The van der Waals surface area contributed by atoms with Crippen molar-refractivity contribution in [3.05, 3.63) is 60.8 Å². The van der Waals surface area contributed by atoms with E-state index in [0.29, 0.717) is 12.8 Å². The third-order valence-corrected chi connectivity index (χ3v) is 13.4. The summed E-state index contributed by atoms with van der Waals surface area (Å²) in [5, 5.41) is 54.7. The van der Waals surface area contributed by atoms with E-state index in [1.807, 2.05) is 0 Å². The first-order valence-electron chi connectivity index (χ1n) is 28.5. The van der Waals surface area contributed by atoms with Crippen LogP contribution in [0.3, 0.4) is 0 Å². The van der Waals surface area contributed by atoms with Gasteiger partial charge >= 0.3 is 0 Å². The van der Waals surface area contributed by atoms with E-state index in [-0.39, 0.29) is 12.5 Å². The quantitative estimate of drug-likeness (QED) is 0.0261. The molecule has 0 radical (unpaired) electrons. The SMILES string of the molecule is CC/C=C\C/C=C\C/C=C\C/C=C\C/C=C\CCCCCCCC(=O)NC(COC1OC(CO)C(O)C(O)C1O)C(O)CCCCCCCCCCCCCCCCCCCCCCCCCC. The predicted octanol–water partition coefficient (Wildman–Crippen LogP) is 13.9. The number of hydrogen-bond donors (Lipinski definition) is 6. The maximum Gasteiger partial charge on any atom is 0.220 e. The lowest BCUT2D eigenvalue weighted by molar-refractivity contribution is -0.302. The monoisotopic (exact) mass is 958 g/mol. The van der Waals surface area contributed by atoms with Crippen molar-refractivity contribution in [3.8, 4) is 0 Å². The molecule has 0 aliphatic carbocycles. The molecule has 0 aromatic rings. The number of aliphatic hydroxyl groups excluding tert-OH is 5. The molecule has 9 heteroatoms. The van der Waals surface area contributed by atoms with E-state index in [9.17, 15) is 30.3 Å². The Morgan fingerprint density at radius 2 is 0.912 bits per heavy atom. The average molecular weight is 959 g/mol. The van der Waals surface area contributed by atoms with Crippen LogP contribution in [0, 0.1) is 0 Å². The maximum absolute atomic E-state index is 13.1. The fourth-order valence-corrected chi connectivity index (χ4v) is 8.90. The van der Waals surface area contributed by atoms with Crippen LogP contribution >= 0.6 is 0 Å². The van der Waals surface area contributed by atoms with Gasteiger partial charge in [0, 0.05) is 6.42 Å². The van der Waals surface area contributed by atoms with E-state index < -0.39 is 49.5 Å². The van der Waals surface area contributed by atoms with Crippen LogP contribution in [0.4, 0.5) is 0 Å². The van der Waals surface area contributed by atoms with Crippen molar-refractivity contribution in [2.75, 3.05) is 13.2 Å². The number of allylic oxidation sites excluding steroid dienone is 10. The summed E-state index contributed by atoms with van der Waals surface area (Å²) in [5.41, 5.74) is 0. The van der Waals surface area contributed by atoms with E-state index in [0.717, 1.165) is 89.9 Å². The second kappa shape index (κ2) is 48.5. The summed E-state index contributed by atoms with van der Waals surface area (Å²) in [6.45, 7) is 3.73. The Morgan fingerprint density at radius 3 is 1.35 bits per heavy atom. The number of carbonyl (C=O) groups excluding carboxylic acids is 1. The molecule has 0 spiro atoms. The van der Waals surface area contributed by atoms with Crippen molar-refractivity contribution in [1.29, 1.82) is 0 Å². The summed E-state index contributed by atoms with van der Waals surface area (Å²) in [7, 11) is 0. The number of ether oxygens (including phenoxy) is 2. The zero-order valence-corrected chi connectivity index (χ0v) is 43.9. The third kappa shape index (κ3) is 37.7. The third-order valence-electron chi connectivity index (χ3n) is 13.4. The molecule has 1 aliphatic rings. The lowest BCUT2D eigenvalue weighted by Crippen LogP contribution is -2.60. The fraction of sp³-hybridized carbons (Fsp3) is 0.814. The molecular formula is C59H107NO8. The molecule has 0 bridgehead atoms. The molecule has 0 aromatic heterocycles. The second-order valence-corrected chi connectivity index (χ2v) is 19.7. The molecule has 1 rings (SSSR count). The maximum atomic E-state index is 13.1. The normalized spacial score (nSPS) is 20.0. The average Bonchev–Trinajstić information content (AvgIpc) is 3.34. The van der Waals surface area contributed by atoms with E-state index >= 15 is 0 Å². The molecule has 1 heterocycles. The zero-order chi connectivity index (χ0) is 49.4. The first-order valence-corrected chi connectivity index (χ1v) is 28.5. The number of unbranched alkanes of at least 4 members (excludes halogenated alkanes) is 28. The minimum atomic E-state index is -1.56. The van der Waals surface area contributed by atoms with Gasteiger partial charge in [0.2, 0.25) is 5.91 Å². The first-order chi connectivity index (χ1) is 33.3. The standard InChI is InChI=1S/C59H107NO8/c1-3-5-7-9-11-13-15-17-19-21-23-25-26-27-29-30-32-34-36-38-40-42-44-46-48-53(62)52(51-67-59-58(66)57(65)56(64)54(50-61)68-59)60-55(63)49-47-45-43-41-39-37-35-33-31-28-24-22-20-18-16-14-12-10-8-6-4-2/h6,8,12,14,18,20,24,28,33,35,52-54,56-59,61-62,64-66H,3-5,7,9-11,13,15-17,19,21-23,25-27,29-32,34,36-51H2,1-2H3,(H,60,63)/b8-6-,14-12-,20-18-,28-24-,35-33-. The summed E-state index contributed by atoms with van der Waals surface area (Å²) in [6, 6.07) is -0.733. The zero-order valence-electron chi connectivity index (χ0n) is 43.9. The van der Waals surface area contributed by atoms with Crippen molar-refractivity contribution in [1.82, 2.24) is 5.32 Å². The topological polar surface area (TPSA) is 149 Å². The number of nitrogens with one attached hydrogen (secondary N) is 1. The number of hydrogen-bond acceptors (Lipinski definition) is 8. The van der Waals surface area contributed by atoms with Gasteiger partial charge in [-0.15, -0.1) is 0 Å². The predicted molar refractivity (Wildman–Crippen MR) is 286 cm³/mol. The molecule has 7 atom stereocenters. The Kier molecular flexibility index (Phi) is 45.6. The summed E-state index contributed by atoms with van der Waals surface area (Å²) < 4.78 is 11.3. The molecule has 9 nitrogen and oxygen atoms in total. The Bertz CT molecular complexity index is 1250. The Morgan fingerprint density at radius 1 is 0.515 bits per heavy atom. The Balaban J connectivity index is 2.24. The summed E-state index contributed by atoms with van der Waals surface area (Å²) >= 11 is 0. The summed E-state index contributed by atoms with van der Waals surface area (Å²) in [4.78, 5) is 13.1. The molecule has 7 unspecified atom stereocenters. The molecule has 0 saturated carbocycles. The van der Waals surface area contributed by atoms with Gasteiger partial charge in [0.25, 0.3) is 0 Å². The molecule has 1 fully saturated rings. The van der Waals surface area contributed by atoms with Gasteiger partial charge in [-0.2, -0.15) is 0 Å². The number of carbonyl (C=O) groups is 1. The molecule has 6 N–H and O–H groups in total. The highest BCUT2D eigenvalue weighted by Crippen LogP contribution is 2.23. The van der Waals surface area contributed by atoms with E-state index in [4.69, 9.17) is 9.47 Å². The lowest BCUT2D eigenvalue weighted by Gasteiger charge is -2.40. The van der Waals surface area contributed by atoms with Crippen LogP contribution in [-0.4, -0.2) is 87.5 Å². The van der Waals surface area contributed by atoms with Crippen LogP contribution in [0.1, 0.15) is 251 Å². The molecule has 0 aromatic carbocycles. The van der Waals surface area contributed by atoms with Crippen molar-refractivity contribution in [2.24, 2.45) is 0 Å². The van der Waals surface area contributed by atoms with Crippen LogP contribution < -0.4 is 5.32 Å². The molecule has 396 valence electrons. The van der Waals surface area contributed by atoms with E-state index in [2.05, 4.69) is 79.9 Å². The second-order valence-electron chi connectivity index (χ2n) is 19.7. The molecule has 1 amide bonds. The molecule has 68 heavy (non-hydrogen) atoms. The number of rotatable bonds is 48. The van der Waals surface area contributed by atoms with Crippen LogP contribution in [0.2, 0.25) is 0 Å². The van der Waals surface area contributed by atoms with Crippen molar-refractivity contribution in [2.45, 2.75) is 294 Å². The van der Waals surface area contributed by atoms with Gasteiger partial charge in [-0.05, 0) is 57.8 Å². The molecule has 1 saturated heterocycles. The molecular weight excluding hydrogens is 851 g/mol. The lowest BCUT2D eigenvalue weighted by atomic mass is 9.99. The fourth-order valence-electron chi connectivity index (χ4n) is 8.90. The minimum Gasteiger partial charge on any atom is -0.394 e. The van der Waals surface area contributed by atoms with Crippen LogP contribution in [0.5, 0.6) is 0 Å². The Labute approximate surface area is 417 Å². The highest BCUT2D eigenvalue weighted by Gasteiger charge is 2.44. The van der Waals surface area contributed by atoms with Crippen LogP contribution in [0.25, 0.3) is 0 Å². The van der Waals surface area contributed by atoms with Gasteiger partial charge in [0.05, 0.1) is 25.4 Å². The van der Waals surface area contributed by atoms with Crippen LogP contribution in [0.15, 0.2) is 60.8 Å². The Hall–Kier alpha value is -2.11. The summed E-state index contributed by atoms with van der Waals surface area (Å²) in [6.07, 6.45) is 58.1. The van der Waals surface area contributed by atoms with Crippen molar-refractivity contribution in [3.63, 3.8) is 0 Å². The van der Waals surface area contributed by atoms with Gasteiger partial charge in [-0.3, -0.25) is 4.79 Å². The number of amides is 1.